The van der Waals surface area contributed by atoms with E-state index in [1.807, 2.05) is 36.6 Å². The average Bonchev–Trinajstić information content (AvgIpc) is 2.91. The highest BCUT2D eigenvalue weighted by Gasteiger charge is 2.33. The number of hydrogen-bond donors (Lipinski definition) is 2. The van der Waals surface area contributed by atoms with Crippen LogP contribution < -0.4 is 10.6 Å². The Kier molecular flexibility index (Phi) is 4.87. The Labute approximate surface area is 161 Å². The van der Waals surface area contributed by atoms with E-state index < -0.39 is 17.8 Å². The number of benzene rings is 1. The van der Waals surface area contributed by atoms with E-state index in [-0.39, 0.29) is 11.5 Å². The van der Waals surface area contributed by atoms with Gasteiger partial charge >= 0.3 is 6.03 Å². The zero-order valence-electron chi connectivity index (χ0n) is 16.0. The Bertz CT molecular complexity index is 1030. The SMILES string of the molecule is CC(=O)Nc1ccc(-n2c(C)cc(/C=C3/C(=O)NC(=O)N(C)C3=O)c2C)cc1. The molecule has 5 amide bonds. The molecule has 1 aromatic heterocycles. The molecule has 2 N–H and O–H groups in total. The maximum atomic E-state index is 12.3. The number of amides is 5. The standard InChI is InChI=1S/C20H20N4O4/c1-11-9-14(10-17-18(26)22-20(28)23(4)19(17)27)12(2)24(11)16-7-5-15(6-8-16)21-13(3)25/h5-10H,1-4H3,(H,21,25)(H,22,26,28)/b17-10-. The zero-order valence-corrected chi connectivity index (χ0v) is 16.0. The van der Waals surface area contributed by atoms with Crippen molar-refractivity contribution in [1.82, 2.24) is 14.8 Å². The van der Waals surface area contributed by atoms with Crippen LogP contribution in [-0.2, 0) is 14.4 Å². The number of rotatable bonds is 3. The van der Waals surface area contributed by atoms with E-state index >= 15 is 0 Å². The highest BCUT2D eigenvalue weighted by molar-refractivity contribution is 6.30. The first kappa shape index (κ1) is 19.1. The number of hydrogen-bond acceptors (Lipinski definition) is 4. The van der Waals surface area contributed by atoms with Crippen LogP contribution in [0.1, 0.15) is 23.9 Å². The van der Waals surface area contributed by atoms with Crippen molar-refractivity contribution in [3.63, 3.8) is 0 Å². The van der Waals surface area contributed by atoms with Gasteiger partial charge in [0.25, 0.3) is 11.8 Å². The number of anilines is 1. The number of carbonyl (C=O) groups is 4. The fourth-order valence-corrected chi connectivity index (χ4v) is 3.13. The molecule has 0 atom stereocenters. The molecule has 1 fully saturated rings. The molecule has 0 saturated carbocycles. The van der Waals surface area contributed by atoms with E-state index in [2.05, 4.69) is 10.6 Å². The fourth-order valence-electron chi connectivity index (χ4n) is 3.13. The monoisotopic (exact) mass is 380 g/mol. The molecule has 8 nitrogen and oxygen atoms in total. The third kappa shape index (κ3) is 3.44. The lowest BCUT2D eigenvalue weighted by Gasteiger charge is -2.22. The number of imide groups is 2. The third-order valence-electron chi connectivity index (χ3n) is 4.52. The predicted octanol–water partition coefficient (Wildman–Crippen LogP) is 2.14. The first-order valence-electron chi connectivity index (χ1n) is 8.61. The van der Waals surface area contributed by atoms with Crippen molar-refractivity contribution in [2.45, 2.75) is 20.8 Å². The van der Waals surface area contributed by atoms with Crippen LogP contribution in [-0.4, -0.2) is 40.3 Å². The molecule has 0 aliphatic carbocycles. The van der Waals surface area contributed by atoms with Crippen LogP contribution in [0.4, 0.5) is 10.5 Å². The molecule has 0 bridgehead atoms. The highest BCUT2D eigenvalue weighted by atomic mass is 16.2. The van der Waals surface area contributed by atoms with Crippen molar-refractivity contribution in [2.75, 3.05) is 12.4 Å². The molecule has 2 heterocycles. The topological polar surface area (TPSA) is 101 Å². The molecule has 0 spiro atoms. The van der Waals surface area contributed by atoms with Gasteiger partial charge in [-0.2, -0.15) is 0 Å². The molecule has 1 saturated heterocycles. The number of barbiturate groups is 1. The molecule has 1 aliphatic heterocycles. The van der Waals surface area contributed by atoms with Crippen LogP contribution in [0.25, 0.3) is 11.8 Å². The molecule has 3 rings (SSSR count). The smallest absolute Gasteiger partial charge is 0.326 e. The van der Waals surface area contributed by atoms with E-state index in [1.54, 1.807) is 12.1 Å². The number of aromatic nitrogens is 1. The zero-order chi connectivity index (χ0) is 20.6. The van der Waals surface area contributed by atoms with Crippen molar-refractivity contribution in [2.24, 2.45) is 0 Å². The molecule has 8 heteroatoms. The molecular weight excluding hydrogens is 360 g/mol. The Morgan fingerprint density at radius 2 is 1.75 bits per heavy atom. The van der Waals surface area contributed by atoms with Gasteiger partial charge in [0, 0.05) is 36.7 Å². The van der Waals surface area contributed by atoms with E-state index in [4.69, 9.17) is 0 Å². The number of carbonyl (C=O) groups excluding carboxylic acids is 4. The second kappa shape index (κ2) is 7.15. The summed E-state index contributed by atoms with van der Waals surface area (Å²) in [6.45, 7) is 5.23. The largest absolute Gasteiger partial charge is 0.331 e. The molecular formula is C20H20N4O4. The van der Waals surface area contributed by atoms with Gasteiger partial charge in [0.2, 0.25) is 5.91 Å². The summed E-state index contributed by atoms with van der Waals surface area (Å²) >= 11 is 0. The number of likely N-dealkylation sites (N-methyl/N-ethyl adjacent to an activating group) is 1. The van der Waals surface area contributed by atoms with E-state index in [0.717, 1.165) is 22.0 Å². The van der Waals surface area contributed by atoms with Gasteiger partial charge < -0.3 is 9.88 Å². The molecule has 2 aromatic rings. The van der Waals surface area contributed by atoms with Gasteiger partial charge in [-0.25, -0.2) is 4.79 Å². The van der Waals surface area contributed by atoms with Gasteiger partial charge in [0.05, 0.1) is 0 Å². The number of urea groups is 1. The van der Waals surface area contributed by atoms with Crippen LogP contribution in [0.3, 0.4) is 0 Å². The van der Waals surface area contributed by atoms with Crippen molar-refractivity contribution in [3.8, 4) is 5.69 Å². The average molecular weight is 380 g/mol. The lowest BCUT2D eigenvalue weighted by Crippen LogP contribution is -2.52. The minimum atomic E-state index is -0.739. The second-order valence-electron chi connectivity index (χ2n) is 6.57. The Morgan fingerprint density at radius 3 is 2.36 bits per heavy atom. The van der Waals surface area contributed by atoms with Gasteiger partial charge in [-0.15, -0.1) is 0 Å². The highest BCUT2D eigenvalue weighted by Crippen LogP contribution is 2.25. The van der Waals surface area contributed by atoms with Crippen molar-refractivity contribution >= 4 is 35.5 Å². The number of aryl methyl sites for hydroxylation is 1. The van der Waals surface area contributed by atoms with E-state index in [0.29, 0.717) is 11.3 Å². The molecule has 144 valence electrons. The maximum Gasteiger partial charge on any atom is 0.331 e. The molecule has 0 radical (unpaired) electrons. The lowest BCUT2D eigenvalue weighted by molar-refractivity contribution is -0.129. The molecule has 1 aliphatic rings. The summed E-state index contributed by atoms with van der Waals surface area (Å²) < 4.78 is 1.98. The fraction of sp³-hybridized carbons (Fsp3) is 0.200. The van der Waals surface area contributed by atoms with Crippen molar-refractivity contribution in [3.05, 3.63) is 52.9 Å². The first-order valence-corrected chi connectivity index (χ1v) is 8.61. The molecule has 0 unspecified atom stereocenters. The van der Waals surface area contributed by atoms with E-state index in [1.165, 1.54) is 20.0 Å². The van der Waals surface area contributed by atoms with Crippen LogP contribution in [0.15, 0.2) is 35.9 Å². The van der Waals surface area contributed by atoms with Gasteiger partial charge in [0.1, 0.15) is 5.57 Å². The summed E-state index contributed by atoms with van der Waals surface area (Å²) in [5.41, 5.74) is 3.91. The van der Waals surface area contributed by atoms with Crippen LogP contribution in [0.5, 0.6) is 0 Å². The minimum absolute atomic E-state index is 0.0941. The van der Waals surface area contributed by atoms with Gasteiger partial charge in [-0.1, -0.05) is 0 Å². The summed E-state index contributed by atoms with van der Waals surface area (Å²) in [5.74, 6) is -1.50. The molecule has 28 heavy (non-hydrogen) atoms. The van der Waals surface area contributed by atoms with Crippen LogP contribution in [0, 0.1) is 13.8 Å². The first-order chi connectivity index (χ1) is 13.2. The predicted molar refractivity (Wildman–Crippen MR) is 104 cm³/mol. The molecule has 1 aromatic carbocycles. The Morgan fingerprint density at radius 1 is 1.11 bits per heavy atom. The maximum absolute atomic E-state index is 12.3. The minimum Gasteiger partial charge on any atom is -0.326 e. The summed E-state index contributed by atoms with van der Waals surface area (Å²) in [5, 5.41) is 4.86. The Balaban J connectivity index is 1.98. The van der Waals surface area contributed by atoms with Gasteiger partial charge in [-0.05, 0) is 55.8 Å². The van der Waals surface area contributed by atoms with E-state index in [9.17, 15) is 19.2 Å². The summed E-state index contributed by atoms with van der Waals surface area (Å²) in [6.07, 6.45) is 1.49. The van der Waals surface area contributed by atoms with Crippen LogP contribution >= 0.6 is 0 Å². The van der Waals surface area contributed by atoms with Gasteiger partial charge in [-0.3, -0.25) is 24.6 Å². The van der Waals surface area contributed by atoms with Crippen molar-refractivity contribution < 1.29 is 19.2 Å². The summed E-state index contributed by atoms with van der Waals surface area (Å²) in [4.78, 5) is 47.9. The Hall–Kier alpha value is -3.68. The lowest BCUT2D eigenvalue weighted by atomic mass is 10.1. The quantitative estimate of drug-likeness (QED) is 0.629. The van der Waals surface area contributed by atoms with Crippen molar-refractivity contribution in [1.29, 1.82) is 0 Å². The number of nitrogens with one attached hydrogen (secondary N) is 2. The summed E-state index contributed by atoms with van der Waals surface area (Å²) in [7, 11) is 1.32. The van der Waals surface area contributed by atoms with Crippen LogP contribution in [0.2, 0.25) is 0 Å². The third-order valence-corrected chi connectivity index (χ3v) is 4.52. The second-order valence-corrected chi connectivity index (χ2v) is 6.57. The normalized spacial score (nSPS) is 15.8. The van der Waals surface area contributed by atoms with Gasteiger partial charge in [0.15, 0.2) is 0 Å². The summed E-state index contributed by atoms with van der Waals surface area (Å²) in [6, 6.07) is 8.46. The number of nitrogens with zero attached hydrogens (tertiary/aromatic N) is 2.